The van der Waals surface area contributed by atoms with E-state index in [0.29, 0.717) is 23.6 Å². The Morgan fingerprint density at radius 1 is 1.14 bits per heavy atom. The number of rotatable bonds is 6. The third-order valence-electron chi connectivity index (χ3n) is 2.87. The monoisotopic (exact) mass is 296 g/mol. The van der Waals surface area contributed by atoms with E-state index in [-0.39, 0.29) is 11.5 Å². The third-order valence-corrected chi connectivity index (χ3v) is 2.87. The van der Waals surface area contributed by atoms with Crippen molar-refractivity contribution in [3.63, 3.8) is 0 Å². The summed E-state index contributed by atoms with van der Waals surface area (Å²) < 4.78 is 5.40. The topological polar surface area (TPSA) is 81.4 Å². The lowest BCUT2D eigenvalue weighted by Gasteiger charge is -2.08. The van der Waals surface area contributed by atoms with Gasteiger partial charge in [-0.25, -0.2) is 0 Å². The van der Waals surface area contributed by atoms with Crippen LogP contribution in [0.15, 0.2) is 61.2 Å². The van der Waals surface area contributed by atoms with Crippen LogP contribution in [0.4, 0.5) is 5.69 Å². The van der Waals surface area contributed by atoms with E-state index in [0.717, 1.165) is 0 Å². The Morgan fingerprint density at radius 2 is 1.86 bits per heavy atom. The molecule has 2 aromatic rings. The first-order chi connectivity index (χ1) is 10.6. The van der Waals surface area contributed by atoms with Gasteiger partial charge in [0.15, 0.2) is 0 Å². The molecule has 2 rings (SSSR count). The Kier molecular flexibility index (Phi) is 4.93. The molecule has 0 aliphatic carbocycles. The summed E-state index contributed by atoms with van der Waals surface area (Å²) in [5.41, 5.74) is 6.44. The molecule has 22 heavy (non-hydrogen) atoms. The first kappa shape index (κ1) is 15.3. The fourth-order valence-electron chi connectivity index (χ4n) is 1.84. The third kappa shape index (κ3) is 3.96. The van der Waals surface area contributed by atoms with Crippen LogP contribution in [0.1, 0.15) is 20.7 Å². The van der Waals surface area contributed by atoms with E-state index in [9.17, 15) is 9.59 Å². The molecule has 3 N–H and O–H groups in total. The van der Waals surface area contributed by atoms with Crippen LogP contribution in [-0.2, 0) is 0 Å². The second-order valence-corrected chi connectivity index (χ2v) is 4.53. The molecule has 0 aliphatic heterocycles. The van der Waals surface area contributed by atoms with Crippen LogP contribution in [0.25, 0.3) is 0 Å². The second-order valence-electron chi connectivity index (χ2n) is 4.53. The van der Waals surface area contributed by atoms with E-state index >= 15 is 0 Å². The van der Waals surface area contributed by atoms with Crippen molar-refractivity contribution in [2.45, 2.75) is 0 Å². The molecule has 0 fully saturated rings. The summed E-state index contributed by atoms with van der Waals surface area (Å²) in [6, 6.07) is 13.2. The number of hydrogen-bond acceptors (Lipinski definition) is 3. The van der Waals surface area contributed by atoms with Crippen molar-refractivity contribution in [1.29, 1.82) is 0 Å². The highest BCUT2D eigenvalue weighted by molar-refractivity contribution is 6.06. The first-order valence-corrected chi connectivity index (χ1v) is 6.65. The standard InChI is InChI=1S/C17H16N2O3/c1-2-9-22-15-8-4-7-14(11-15)19-17(21)13-6-3-5-12(10-13)16(18)20/h2-8,10-11H,1,9H2,(H2,18,20)(H,19,21). The Bertz CT molecular complexity index is 711. The molecule has 0 aromatic heterocycles. The largest absolute Gasteiger partial charge is 0.489 e. The zero-order valence-corrected chi connectivity index (χ0v) is 11.9. The van der Waals surface area contributed by atoms with Crippen LogP contribution in [0.2, 0.25) is 0 Å². The predicted molar refractivity (Wildman–Crippen MR) is 85.0 cm³/mol. The SMILES string of the molecule is C=CCOc1cccc(NC(=O)c2cccc(C(N)=O)c2)c1. The van der Waals surface area contributed by atoms with Gasteiger partial charge in [0.25, 0.3) is 5.91 Å². The molecule has 0 saturated carbocycles. The van der Waals surface area contributed by atoms with Gasteiger partial charge in [0.05, 0.1) is 0 Å². The molecule has 0 heterocycles. The highest BCUT2D eigenvalue weighted by Crippen LogP contribution is 2.18. The first-order valence-electron chi connectivity index (χ1n) is 6.65. The van der Waals surface area contributed by atoms with E-state index in [2.05, 4.69) is 11.9 Å². The van der Waals surface area contributed by atoms with Crippen LogP contribution >= 0.6 is 0 Å². The van der Waals surface area contributed by atoms with Crippen molar-refractivity contribution in [3.05, 3.63) is 72.3 Å². The average Bonchev–Trinajstić information content (AvgIpc) is 2.53. The zero-order valence-electron chi connectivity index (χ0n) is 11.9. The lowest BCUT2D eigenvalue weighted by molar-refractivity contribution is 0.1000. The van der Waals surface area contributed by atoms with Gasteiger partial charge in [-0.2, -0.15) is 0 Å². The Morgan fingerprint density at radius 3 is 2.59 bits per heavy atom. The van der Waals surface area contributed by atoms with Crippen molar-refractivity contribution < 1.29 is 14.3 Å². The number of hydrogen-bond donors (Lipinski definition) is 2. The molecule has 0 radical (unpaired) electrons. The summed E-state index contributed by atoms with van der Waals surface area (Å²) in [5.74, 6) is -0.276. The minimum absolute atomic E-state index is 0.288. The number of primary amides is 1. The summed E-state index contributed by atoms with van der Waals surface area (Å²) in [6.45, 7) is 3.96. The predicted octanol–water partition coefficient (Wildman–Crippen LogP) is 2.60. The van der Waals surface area contributed by atoms with Crippen molar-refractivity contribution in [2.24, 2.45) is 5.73 Å². The van der Waals surface area contributed by atoms with Gasteiger partial charge in [0.2, 0.25) is 5.91 Å². The van der Waals surface area contributed by atoms with Gasteiger partial charge in [0.1, 0.15) is 12.4 Å². The van der Waals surface area contributed by atoms with Crippen LogP contribution in [-0.4, -0.2) is 18.4 Å². The van der Waals surface area contributed by atoms with Gasteiger partial charge in [-0.05, 0) is 30.3 Å². The smallest absolute Gasteiger partial charge is 0.255 e. The van der Waals surface area contributed by atoms with Gasteiger partial charge in [0, 0.05) is 22.9 Å². The number of anilines is 1. The van der Waals surface area contributed by atoms with E-state index in [1.54, 1.807) is 48.5 Å². The average molecular weight is 296 g/mol. The van der Waals surface area contributed by atoms with E-state index in [4.69, 9.17) is 10.5 Å². The van der Waals surface area contributed by atoms with Crippen LogP contribution in [0, 0.1) is 0 Å². The van der Waals surface area contributed by atoms with Gasteiger partial charge in [-0.15, -0.1) is 0 Å². The molecule has 0 atom stereocenters. The Labute approximate surface area is 128 Å². The molecule has 0 aliphatic rings. The molecule has 5 heteroatoms. The molecule has 5 nitrogen and oxygen atoms in total. The van der Waals surface area contributed by atoms with Gasteiger partial charge >= 0.3 is 0 Å². The zero-order chi connectivity index (χ0) is 15.9. The number of amides is 2. The summed E-state index contributed by atoms with van der Waals surface area (Å²) in [5, 5.41) is 2.74. The van der Waals surface area contributed by atoms with Crippen molar-refractivity contribution in [2.75, 3.05) is 11.9 Å². The number of nitrogens with one attached hydrogen (secondary N) is 1. The Hall–Kier alpha value is -3.08. The minimum Gasteiger partial charge on any atom is -0.489 e. The van der Waals surface area contributed by atoms with Gasteiger partial charge in [-0.3, -0.25) is 9.59 Å². The van der Waals surface area contributed by atoms with Crippen molar-refractivity contribution >= 4 is 17.5 Å². The number of benzene rings is 2. The number of carbonyl (C=O) groups is 2. The maximum atomic E-state index is 12.2. The highest BCUT2D eigenvalue weighted by Gasteiger charge is 2.09. The minimum atomic E-state index is -0.575. The van der Waals surface area contributed by atoms with Crippen LogP contribution in [0.3, 0.4) is 0 Å². The summed E-state index contributed by atoms with van der Waals surface area (Å²) in [4.78, 5) is 23.3. The van der Waals surface area contributed by atoms with Crippen molar-refractivity contribution in [3.8, 4) is 5.75 Å². The Balaban J connectivity index is 2.13. The molecular formula is C17H16N2O3. The quantitative estimate of drug-likeness (QED) is 0.804. The summed E-state index contributed by atoms with van der Waals surface area (Å²) in [7, 11) is 0. The summed E-state index contributed by atoms with van der Waals surface area (Å²) in [6.07, 6.45) is 1.64. The molecule has 112 valence electrons. The second kappa shape index (κ2) is 7.08. The van der Waals surface area contributed by atoms with Gasteiger partial charge < -0.3 is 15.8 Å². The van der Waals surface area contributed by atoms with E-state index in [1.165, 1.54) is 6.07 Å². The fourth-order valence-corrected chi connectivity index (χ4v) is 1.84. The normalized spacial score (nSPS) is 9.82. The lowest BCUT2D eigenvalue weighted by Crippen LogP contribution is -2.15. The van der Waals surface area contributed by atoms with Gasteiger partial charge in [-0.1, -0.05) is 24.8 Å². The van der Waals surface area contributed by atoms with E-state index in [1.807, 2.05) is 0 Å². The molecule has 0 saturated heterocycles. The fraction of sp³-hybridized carbons (Fsp3) is 0.0588. The molecule has 0 spiro atoms. The van der Waals surface area contributed by atoms with E-state index < -0.39 is 5.91 Å². The molecule has 0 bridgehead atoms. The van der Waals surface area contributed by atoms with Crippen molar-refractivity contribution in [1.82, 2.24) is 0 Å². The molecule has 2 aromatic carbocycles. The number of carbonyl (C=O) groups excluding carboxylic acids is 2. The lowest BCUT2D eigenvalue weighted by atomic mass is 10.1. The highest BCUT2D eigenvalue weighted by atomic mass is 16.5. The molecule has 2 amide bonds. The maximum absolute atomic E-state index is 12.2. The summed E-state index contributed by atoms with van der Waals surface area (Å²) >= 11 is 0. The number of ether oxygens (including phenoxy) is 1. The van der Waals surface area contributed by atoms with Crippen LogP contribution < -0.4 is 15.8 Å². The number of nitrogens with two attached hydrogens (primary N) is 1. The molecular weight excluding hydrogens is 280 g/mol. The maximum Gasteiger partial charge on any atom is 0.255 e. The molecule has 0 unspecified atom stereocenters. The van der Waals surface area contributed by atoms with Crippen LogP contribution in [0.5, 0.6) is 5.75 Å².